The smallest absolute Gasteiger partial charge is 0.406 e. The van der Waals surface area contributed by atoms with Crippen molar-refractivity contribution in [1.82, 2.24) is 9.78 Å². The van der Waals surface area contributed by atoms with Gasteiger partial charge < -0.3 is 14.7 Å². The van der Waals surface area contributed by atoms with Crippen molar-refractivity contribution in [3.63, 3.8) is 0 Å². The number of aliphatic hydroxyl groups is 1. The summed E-state index contributed by atoms with van der Waals surface area (Å²) in [4.78, 5) is 2.08. The van der Waals surface area contributed by atoms with Crippen LogP contribution in [0, 0.1) is 6.92 Å². The van der Waals surface area contributed by atoms with Crippen LogP contribution >= 0.6 is 0 Å². The van der Waals surface area contributed by atoms with Gasteiger partial charge in [-0.3, -0.25) is 4.68 Å². The lowest BCUT2D eigenvalue weighted by atomic mass is 10.1. The highest BCUT2D eigenvalue weighted by molar-refractivity contribution is 5.75. The Morgan fingerprint density at radius 2 is 1.88 bits per heavy atom. The van der Waals surface area contributed by atoms with Crippen molar-refractivity contribution < 1.29 is 27.4 Å². The molecule has 4 rings (SSSR count). The number of halogens is 4. The van der Waals surface area contributed by atoms with E-state index >= 15 is 0 Å². The number of β-amino-alcohol motifs (C(OH)–C–C–N with tert-alkyl or cyclic N) is 1. The zero-order valence-corrected chi connectivity index (χ0v) is 17.2. The van der Waals surface area contributed by atoms with Crippen LogP contribution in [0.15, 0.2) is 54.6 Å². The molecule has 0 bridgehead atoms. The predicted molar refractivity (Wildman–Crippen MR) is 113 cm³/mol. The topological polar surface area (TPSA) is 50.5 Å². The van der Waals surface area contributed by atoms with E-state index in [1.807, 2.05) is 31.2 Å². The van der Waals surface area contributed by atoms with Crippen molar-refractivity contribution in [3.8, 4) is 5.75 Å². The van der Waals surface area contributed by atoms with Crippen LogP contribution in [0.2, 0.25) is 0 Å². The largest absolute Gasteiger partial charge is 0.573 e. The molecule has 1 N–H and O–H groups in total. The molecule has 0 spiro atoms. The maximum absolute atomic E-state index is 14.6. The van der Waals surface area contributed by atoms with Crippen LogP contribution in [-0.4, -0.2) is 40.4 Å². The number of rotatable bonds is 6. The van der Waals surface area contributed by atoms with E-state index in [4.69, 9.17) is 0 Å². The van der Waals surface area contributed by atoms with Crippen molar-refractivity contribution in [2.24, 2.45) is 0 Å². The third-order valence-electron chi connectivity index (χ3n) is 5.11. The Morgan fingerprint density at radius 3 is 2.53 bits per heavy atom. The SMILES string of the molecule is Cc1cc(C=C(F)c2ccc(OC(F)(F)F)cc2)nn1Cc1cccc(N2CC(O)C2)c1. The van der Waals surface area contributed by atoms with Crippen molar-refractivity contribution in [3.05, 3.63) is 77.1 Å². The van der Waals surface area contributed by atoms with Crippen molar-refractivity contribution in [2.45, 2.75) is 25.9 Å². The predicted octanol–water partition coefficient (Wildman–Crippen LogP) is 4.79. The first-order valence-corrected chi connectivity index (χ1v) is 9.96. The number of hydrogen-bond acceptors (Lipinski definition) is 4. The Hall–Kier alpha value is -3.33. The van der Waals surface area contributed by atoms with Gasteiger partial charge in [0.1, 0.15) is 11.6 Å². The number of nitrogens with zero attached hydrogens (tertiary/aromatic N) is 3. The van der Waals surface area contributed by atoms with Crippen molar-refractivity contribution >= 4 is 17.6 Å². The molecule has 2 aromatic carbocycles. The number of ether oxygens (including phenoxy) is 1. The van der Waals surface area contributed by atoms with Crippen molar-refractivity contribution in [1.29, 1.82) is 0 Å². The molecule has 0 aliphatic carbocycles. The molecular weight excluding hydrogens is 426 g/mol. The molecule has 32 heavy (non-hydrogen) atoms. The summed E-state index contributed by atoms with van der Waals surface area (Å²) in [6.07, 6.45) is -3.85. The zero-order chi connectivity index (χ0) is 22.9. The van der Waals surface area contributed by atoms with Gasteiger partial charge in [0.2, 0.25) is 0 Å². The molecule has 1 aliphatic rings. The molecule has 2 heterocycles. The van der Waals surface area contributed by atoms with Gasteiger partial charge in [0, 0.05) is 36.1 Å². The number of aryl methyl sites for hydroxylation is 1. The lowest BCUT2D eigenvalue weighted by Crippen LogP contribution is -2.50. The van der Waals surface area contributed by atoms with Gasteiger partial charge >= 0.3 is 6.36 Å². The first-order chi connectivity index (χ1) is 15.2. The van der Waals surface area contributed by atoms with Crippen LogP contribution < -0.4 is 9.64 Å². The van der Waals surface area contributed by atoms with Crippen LogP contribution in [0.5, 0.6) is 5.75 Å². The van der Waals surface area contributed by atoms with Gasteiger partial charge in [-0.15, -0.1) is 13.2 Å². The Kier molecular flexibility index (Phi) is 5.92. The lowest BCUT2D eigenvalue weighted by Gasteiger charge is -2.38. The molecule has 3 aromatic rings. The molecular formula is C23H21F4N3O2. The maximum Gasteiger partial charge on any atom is 0.573 e. The second-order valence-corrected chi connectivity index (χ2v) is 7.66. The summed E-state index contributed by atoms with van der Waals surface area (Å²) in [6, 6.07) is 14.2. The fourth-order valence-corrected chi connectivity index (χ4v) is 3.49. The highest BCUT2D eigenvalue weighted by Gasteiger charge is 2.31. The third-order valence-corrected chi connectivity index (χ3v) is 5.11. The van der Waals surface area contributed by atoms with Crippen LogP contribution in [-0.2, 0) is 6.54 Å². The van der Waals surface area contributed by atoms with E-state index in [9.17, 15) is 22.7 Å². The van der Waals surface area contributed by atoms with E-state index in [0.717, 1.165) is 29.1 Å². The Labute approximate surface area is 182 Å². The van der Waals surface area contributed by atoms with Crippen LogP contribution in [0.25, 0.3) is 11.9 Å². The van der Waals surface area contributed by atoms with E-state index in [1.54, 1.807) is 10.7 Å². The number of hydrogen-bond donors (Lipinski definition) is 1. The molecule has 1 aromatic heterocycles. The average Bonchev–Trinajstić information content (AvgIpc) is 3.03. The highest BCUT2D eigenvalue weighted by Crippen LogP contribution is 2.26. The number of benzene rings is 2. The van der Waals surface area contributed by atoms with Gasteiger partial charge in [-0.2, -0.15) is 5.10 Å². The van der Waals surface area contributed by atoms with E-state index in [1.165, 1.54) is 18.2 Å². The molecule has 1 saturated heterocycles. The van der Waals surface area contributed by atoms with Gasteiger partial charge in [-0.05, 0) is 55.0 Å². The minimum atomic E-state index is -4.80. The Bertz CT molecular complexity index is 1120. The molecule has 0 radical (unpaired) electrons. The maximum atomic E-state index is 14.6. The monoisotopic (exact) mass is 447 g/mol. The van der Waals surface area contributed by atoms with Gasteiger partial charge in [-0.25, -0.2) is 4.39 Å². The van der Waals surface area contributed by atoms with Gasteiger partial charge in [0.25, 0.3) is 0 Å². The average molecular weight is 447 g/mol. The number of anilines is 1. The van der Waals surface area contributed by atoms with E-state index in [-0.39, 0.29) is 11.7 Å². The molecule has 9 heteroatoms. The molecule has 1 aliphatic heterocycles. The minimum absolute atomic E-state index is 0.121. The molecule has 0 amide bonds. The molecule has 0 unspecified atom stereocenters. The Balaban J connectivity index is 1.46. The van der Waals surface area contributed by atoms with E-state index in [2.05, 4.69) is 14.7 Å². The summed E-state index contributed by atoms with van der Waals surface area (Å²) in [7, 11) is 0. The van der Waals surface area contributed by atoms with Gasteiger partial charge in [-0.1, -0.05) is 12.1 Å². The fourth-order valence-electron chi connectivity index (χ4n) is 3.49. The first-order valence-electron chi connectivity index (χ1n) is 9.96. The molecule has 1 fully saturated rings. The van der Waals surface area contributed by atoms with Gasteiger partial charge in [0.05, 0.1) is 18.3 Å². The van der Waals surface area contributed by atoms with Crippen LogP contribution in [0.3, 0.4) is 0 Å². The summed E-state index contributed by atoms with van der Waals surface area (Å²) in [6.45, 7) is 3.58. The summed E-state index contributed by atoms with van der Waals surface area (Å²) in [5, 5.41) is 13.9. The Morgan fingerprint density at radius 1 is 1.16 bits per heavy atom. The summed E-state index contributed by atoms with van der Waals surface area (Å²) in [5.41, 5.74) is 3.41. The van der Waals surface area contributed by atoms with Gasteiger partial charge in [0.15, 0.2) is 0 Å². The second-order valence-electron chi connectivity index (χ2n) is 7.66. The fraction of sp³-hybridized carbons (Fsp3) is 0.261. The summed E-state index contributed by atoms with van der Waals surface area (Å²) < 4.78 is 56.9. The van der Waals surface area contributed by atoms with E-state index in [0.29, 0.717) is 25.3 Å². The number of alkyl halides is 3. The van der Waals surface area contributed by atoms with E-state index < -0.39 is 17.9 Å². The van der Waals surface area contributed by atoms with Crippen LogP contribution in [0.4, 0.5) is 23.2 Å². The normalized spacial score (nSPS) is 15.1. The standard InChI is InChI=1S/C23H21F4N3O2/c1-15-9-18(11-22(24)17-5-7-21(8-6-17)32-23(25,26)27)28-30(15)12-16-3-2-4-19(10-16)29-13-20(31)14-29/h2-11,20,31H,12-14H2,1H3. The lowest BCUT2D eigenvalue weighted by molar-refractivity contribution is -0.274. The number of aliphatic hydroxyl groups excluding tert-OH is 1. The quantitative estimate of drug-likeness (QED) is 0.553. The zero-order valence-electron chi connectivity index (χ0n) is 17.2. The minimum Gasteiger partial charge on any atom is -0.406 e. The molecule has 168 valence electrons. The number of aromatic nitrogens is 2. The third kappa shape index (κ3) is 5.28. The first kappa shape index (κ1) is 21.9. The van der Waals surface area contributed by atoms with Crippen LogP contribution in [0.1, 0.15) is 22.5 Å². The molecule has 0 saturated carbocycles. The molecule has 5 nitrogen and oxygen atoms in total. The van der Waals surface area contributed by atoms with Crippen molar-refractivity contribution in [2.75, 3.05) is 18.0 Å². The summed E-state index contributed by atoms with van der Waals surface area (Å²) in [5.74, 6) is -1.03. The highest BCUT2D eigenvalue weighted by atomic mass is 19.4. The second kappa shape index (κ2) is 8.66. The summed E-state index contributed by atoms with van der Waals surface area (Å²) >= 11 is 0. The molecule has 0 atom stereocenters.